The van der Waals surface area contributed by atoms with Crippen molar-refractivity contribution in [2.24, 2.45) is 5.73 Å². The summed E-state index contributed by atoms with van der Waals surface area (Å²) in [5.74, 6) is -0.445. The highest BCUT2D eigenvalue weighted by molar-refractivity contribution is 9.10. The molecule has 0 bridgehead atoms. The fraction of sp³-hybridized carbons (Fsp3) is 0.333. The van der Waals surface area contributed by atoms with Gasteiger partial charge in [-0.15, -0.1) is 0 Å². The zero-order chi connectivity index (χ0) is 13.9. The van der Waals surface area contributed by atoms with E-state index in [2.05, 4.69) is 21.2 Å². The molecule has 1 rings (SSSR count). The average molecular weight is 315 g/mol. The second kappa shape index (κ2) is 5.39. The molecule has 98 valence electrons. The predicted octanol–water partition coefficient (Wildman–Crippen LogP) is 1.45. The molecule has 0 unspecified atom stereocenters. The third-order valence-corrected chi connectivity index (χ3v) is 3.15. The maximum atomic E-state index is 12.0. The minimum Gasteiger partial charge on any atom is -0.497 e. The molecule has 1 aromatic carbocycles. The van der Waals surface area contributed by atoms with Gasteiger partial charge in [-0.2, -0.15) is 0 Å². The highest BCUT2D eigenvalue weighted by Gasteiger charge is 2.28. The highest BCUT2D eigenvalue weighted by Crippen LogP contribution is 2.22. The number of benzene rings is 1. The monoisotopic (exact) mass is 314 g/mol. The average Bonchev–Trinajstić information content (AvgIpc) is 2.28. The van der Waals surface area contributed by atoms with E-state index in [0.717, 1.165) is 0 Å². The van der Waals surface area contributed by atoms with Crippen molar-refractivity contribution in [3.63, 3.8) is 0 Å². The van der Waals surface area contributed by atoms with E-state index in [-0.39, 0.29) is 0 Å². The lowest BCUT2D eigenvalue weighted by Crippen LogP contribution is -2.53. The zero-order valence-corrected chi connectivity index (χ0v) is 12.0. The number of carbonyl (C=O) groups excluding carboxylic acids is 2. The van der Waals surface area contributed by atoms with E-state index in [0.29, 0.717) is 15.8 Å². The molecule has 0 atom stereocenters. The molecule has 0 fully saturated rings. The molecule has 3 N–H and O–H groups in total. The van der Waals surface area contributed by atoms with Gasteiger partial charge in [0, 0.05) is 4.47 Å². The summed E-state index contributed by atoms with van der Waals surface area (Å²) in [4.78, 5) is 23.2. The van der Waals surface area contributed by atoms with E-state index in [1.807, 2.05) is 0 Å². The number of halogens is 1. The maximum Gasteiger partial charge on any atom is 0.253 e. The van der Waals surface area contributed by atoms with Gasteiger partial charge in [-0.1, -0.05) is 0 Å². The first kappa shape index (κ1) is 14.5. The number of hydrogen-bond donors (Lipinski definition) is 2. The maximum absolute atomic E-state index is 12.0. The van der Waals surface area contributed by atoms with Crippen LogP contribution in [0.15, 0.2) is 22.7 Å². The Morgan fingerprint density at radius 1 is 1.39 bits per heavy atom. The van der Waals surface area contributed by atoms with E-state index >= 15 is 0 Å². The van der Waals surface area contributed by atoms with Crippen molar-refractivity contribution >= 4 is 27.7 Å². The topological polar surface area (TPSA) is 81.4 Å². The summed E-state index contributed by atoms with van der Waals surface area (Å²) in [7, 11) is 1.51. The van der Waals surface area contributed by atoms with Gasteiger partial charge in [0.1, 0.15) is 11.3 Å². The number of ether oxygens (including phenoxy) is 1. The Bertz CT molecular complexity index is 486. The van der Waals surface area contributed by atoms with Gasteiger partial charge in [0.05, 0.1) is 12.7 Å². The molecule has 1 aromatic rings. The van der Waals surface area contributed by atoms with E-state index in [4.69, 9.17) is 10.5 Å². The van der Waals surface area contributed by atoms with Crippen molar-refractivity contribution in [2.75, 3.05) is 7.11 Å². The van der Waals surface area contributed by atoms with E-state index in [9.17, 15) is 9.59 Å². The molecule has 0 saturated heterocycles. The molecule has 0 aromatic heterocycles. The van der Waals surface area contributed by atoms with Gasteiger partial charge < -0.3 is 15.8 Å². The van der Waals surface area contributed by atoms with Crippen LogP contribution >= 0.6 is 15.9 Å². The van der Waals surface area contributed by atoms with Gasteiger partial charge in [0.15, 0.2) is 0 Å². The standard InChI is InChI=1S/C12H15BrN2O3/c1-12(2,11(14)17)15-10(16)8-6-7(18-3)4-5-9(8)13/h4-6H,1-3H3,(H2,14,17)(H,15,16). The minimum absolute atomic E-state index is 0.378. The van der Waals surface area contributed by atoms with Crippen LogP contribution in [0.5, 0.6) is 5.75 Å². The number of rotatable bonds is 4. The van der Waals surface area contributed by atoms with Crippen molar-refractivity contribution in [3.8, 4) is 5.75 Å². The van der Waals surface area contributed by atoms with Crippen LogP contribution in [0.4, 0.5) is 0 Å². The van der Waals surface area contributed by atoms with Gasteiger partial charge in [-0.05, 0) is 48.0 Å². The Labute approximate surface area is 114 Å². The van der Waals surface area contributed by atoms with Crippen LogP contribution in [-0.2, 0) is 4.79 Å². The number of primary amides is 1. The fourth-order valence-electron chi connectivity index (χ4n) is 1.22. The largest absolute Gasteiger partial charge is 0.497 e. The molecular weight excluding hydrogens is 300 g/mol. The van der Waals surface area contributed by atoms with Crippen LogP contribution in [0.2, 0.25) is 0 Å². The van der Waals surface area contributed by atoms with Crippen molar-refractivity contribution in [1.29, 1.82) is 0 Å². The highest BCUT2D eigenvalue weighted by atomic mass is 79.9. The van der Waals surface area contributed by atoms with Crippen molar-refractivity contribution < 1.29 is 14.3 Å². The number of amides is 2. The first-order valence-corrected chi connectivity index (χ1v) is 6.03. The van der Waals surface area contributed by atoms with Crippen molar-refractivity contribution in [3.05, 3.63) is 28.2 Å². The lowest BCUT2D eigenvalue weighted by atomic mass is 10.0. The Morgan fingerprint density at radius 3 is 2.50 bits per heavy atom. The van der Waals surface area contributed by atoms with E-state index < -0.39 is 17.4 Å². The summed E-state index contributed by atoms with van der Waals surface area (Å²) in [6.07, 6.45) is 0. The molecule has 0 aliphatic rings. The predicted molar refractivity (Wildman–Crippen MR) is 71.4 cm³/mol. The Kier molecular flexibility index (Phi) is 4.34. The summed E-state index contributed by atoms with van der Waals surface area (Å²) in [5.41, 5.74) is 4.47. The molecule has 0 heterocycles. The molecule has 2 amide bonds. The Balaban J connectivity index is 3.01. The number of hydrogen-bond acceptors (Lipinski definition) is 3. The lowest BCUT2D eigenvalue weighted by molar-refractivity contribution is -0.122. The third-order valence-electron chi connectivity index (χ3n) is 2.46. The Morgan fingerprint density at radius 2 is 2.00 bits per heavy atom. The van der Waals surface area contributed by atoms with Crippen LogP contribution in [0.1, 0.15) is 24.2 Å². The number of nitrogens with two attached hydrogens (primary N) is 1. The molecule has 18 heavy (non-hydrogen) atoms. The number of methoxy groups -OCH3 is 1. The van der Waals surface area contributed by atoms with Crippen LogP contribution in [0.25, 0.3) is 0 Å². The number of carbonyl (C=O) groups is 2. The molecule has 0 saturated carbocycles. The van der Waals surface area contributed by atoms with Crippen LogP contribution in [0, 0.1) is 0 Å². The van der Waals surface area contributed by atoms with E-state index in [1.54, 1.807) is 32.0 Å². The first-order chi connectivity index (χ1) is 8.27. The summed E-state index contributed by atoms with van der Waals surface area (Å²) < 4.78 is 5.66. The van der Waals surface area contributed by atoms with E-state index in [1.165, 1.54) is 7.11 Å². The molecule has 0 aliphatic carbocycles. The molecule has 6 heteroatoms. The van der Waals surface area contributed by atoms with Gasteiger partial charge in [-0.25, -0.2) is 0 Å². The summed E-state index contributed by atoms with van der Waals surface area (Å²) >= 11 is 3.27. The van der Waals surface area contributed by atoms with Crippen molar-refractivity contribution in [2.45, 2.75) is 19.4 Å². The normalized spacial score (nSPS) is 10.9. The quantitative estimate of drug-likeness (QED) is 0.882. The van der Waals surface area contributed by atoms with Gasteiger partial charge in [-0.3, -0.25) is 9.59 Å². The number of nitrogens with one attached hydrogen (secondary N) is 1. The zero-order valence-electron chi connectivity index (χ0n) is 10.4. The smallest absolute Gasteiger partial charge is 0.253 e. The van der Waals surface area contributed by atoms with Crippen LogP contribution in [-0.4, -0.2) is 24.5 Å². The molecule has 5 nitrogen and oxygen atoms in total. The van der Waals surface area contributed by atoms with Gasteiger partial charge >= 0.3 is 0 Å². The second-order valence-electron chi connectivity index (χ2n) is 4.29. The van der Waals surface area contributed by atoms with Crippen LogP contribution in [0.3, 0.4) is 0 Å². The van der Waals surface area contributed by atoms with Gasteiger partial charge in [0.2, 0.25) is 5.91 Å². The second-order valence-corrected chi connectivity index (χ2v) is 5.14. The molecule has 0 radical (unpaired) electrons. The summed E-state index contributed by atoms with van der Waals surface area (Å²) in [6, 6.07) is 5.00. The summed E-state index contributed by atoms with van der Waals surface area (Å²) in [6.45, 7) is 3.09. The summed E-state index contributed by atoms with van der Waals surface area (Å²) in [5, 5.41) is 2.57. The minimum atomic E-state index is -1.11. The fourth-order valence-corrected chi connectivity index (χ4v) is 1.64. The first-order valence-electron chi connectivity index (χ1n) is 5.24. The van der Waals surface area contributed by atoms with Crippen molar-refractivity contribution in [1.82, 2.24) is 5.32 Å². The lowest BCUT2D eigenvalue weighted by Gasteiger charge is -2.22. The SMILES string of the molecule is COc1ccc(Br)c(C(=O)NC(C)(C)C(N)=O)c1. The third kappa shape index (κ3) is 3.22. The molecular formula is C12H15BrN2O3. The Hall–Kier alpha value is -1.56. The molecule has 0 spiro atoms. The van der Waals surface area contributed by atoms with Gasteiger partial charge in [0.25, 0.3) is 5.91 Å². The molecule has 0 aliphatic heterocycles. The van der Waals surface area contributed by atoms with Crippen LogP contribution < -0.4 is 15.8 Å².